The van der Waals surface area contributed by atoms with Crippen LogP contribution in [0.3, 0.4) is 0 Å². The maximum atomic E-state index is 13.6. The third kappa shape index (κ3) is 3.00. The molecule has 1 aromatic carbocycles. The zero-order valence-electron chi connectivity index (χ0n) is 8.80. The van der Waals surface area contributed by atoms with E-state index in [2.05, 4.69) is 0 Å². The largest absolute Gasteiger partial charge is 0.390 e. The Labute approximate surface area is 96.9 Å². The number of aliphatic hydroxyl groups is 2. The molecule has 1 aromatic rings. The van der Waals surface area contributed by atoms with E-state index in [1.165, 1.54) is 18.2 Å². The van der Waals surface area contributed by atoms with Crippen molar-refractivity contribution in [2.75, 3.05) is 0 Å². The number of hydrogen-bond donors (Lipinski definition) is 3. The number of carbonyl (C=O) groups excluding carboxylic acids is 1. The molecule has 2 unspecified atom stereocenters. The lowest BCUT2D eigenvalue weighted by Gasteiger charge is -2.17. The fourth-order valence-electron chi connectivity index (χ4n) is 1.39. The first-order chi connectivity index (χ1) is 7.97. The van der Waals surface area contributed by atoms with Crippen LogP contribution in [-0.4, -0.2) is 22.2 Å². The van der Waals surface area contributed by atoms with Gasteiger partial charge >= 0.3 is 0 Å². The van der Waals surface area contributed by atoms with Crippen molar-refractivity contribution in [2.24, 2.45) is 5.73 Å². The summed E-state index contributed by atoms with van der Waals surface area (Å²) in [5.74, 6) is -1.72. The number of aliphatic hydroxyl groups excluding tert-OH is 2. The minimum atomic E-state index is -1.60. The highest BCUT2D eigenvalue weighted by molar-refractivity contribution is 5.74. The molecule has 90 valence electrons. The van der Waals surface area contributed by atoms with Crippen LogP contribution in [0.4, 0.5) is 4.39 Å². The van der Waals surface area contributed by atoms with Crippen LogP contribution >= 0.6 is 0 Å². The van der Waals surface area contributed by atoms with Gasteiger partial charge in [-0.25, -0.2) is 4.39 Å². The number of benzene rings is 1. The van der Waals surface area contributed by atoms with Crippen molar-refractivity contribution >= 4 is 5.91 Å². The summed E-state index contributed by atoms with van der Waals surface area (Å²) in [5, 5.41) is 27.7. The molecule has 17 heavy (non-hydrogen) atoms. The van der Waals surface area contributed by atoms with Gasteiger partial charge in [0.25, 0.3) is 0 Å². The lowest BCUT2D eigenvalue weighted by atomic mass is 9.99. The standard InChI is InChI=1S/C11H11FN2O3/c12-10-6(5-13)2-1-3-7(10)11(17)8(15)4-9(14)16/h1-3,8,11,15,17H,4H2,(H2,14,16). The van der Waals surface area contributed by atoms with E-state index in [1.54, 1.807) is 6.07 Å². The van der Waals surface area contributed by atoms with Crippen LogP contribution in [0.5, 0.6) is 0 Å². The Balaban J connectivity index is 3.00. The average Bonchev–Trinajstić information content (AvgIpc) is 2.27. The van der Waals surface area contributed by atoms with Crippen LogP contribution in [0.15, 0.2) is 18.2 Å². The molecule has 4 N–H and O–H groups in total. The smallest absolute Gasteiger partial charge is 0.220 e. The Hall–Kier alpha value is -1.97. The molecule has 0 bridgehead atoms. The molecular weight excluding hydrogens is 227 g/mol. The second-order valence-electron chi connectivity index (χ2n) is 3.50. The predicted octanol–water partition coefficient (Wildman–Crippen LogP) is -0.0329. The molecular formula is C11H11FN2O3. The molecule has 0 saturated carbocycles. The molecule has 0 heterocycles. The highest BCUT2D eigenvalue weighted by Crippen LogP contribution is 2.23. The van der Waals surface area contributed by atoms with Gasteiger partial charge in [0.1, 0.15) is 18.0 Å². The number of nitrogens with two attached hydrogens (primary N) is 1. The zero-order valence-corrected chi connectivity index (χ0v) is 8.80. The summed E-state index contributed by atoms with van der Waals surface area (Å²) in [5.41, 5.74) is 4.37. The molecule has 0 saturated heterocycles. The molecule has 0 aliphatic carbocycles. The molecule has 1 amide bonds. The Kier molecular flexibility index (Phi) is 4.15. The van der Waals surface area contributed by atoms with Crippen LogP contribution < -0.4 is 5.73 Å². The number of nitrogens with zero attached hydrogens (tertiary/aromatic N) is 1. The van der Waals surface area contributed by atoms with E-state index >= 15 is 0 Å². The van der Waals surface area contributed by atoms with E-state index in [-0.39, 0.29) is 11.1 Å². The minimum Gasteiger partial charge on any atom is -0.390 e. The average molecular weight is 238 g/mol. The van der Waals surface area contributed by atoms with Crippen LogP contribution in [0.2, 0.25) is 0 Å². The fraction of sp³-hybridized carbons (Fsp3) is 0.273. The summed E-state index contributed by atoms with van der Waals surface area (Å²) >= 11 is 0. The van der Waals surface area contributed by atoms with Crippen LogP contribution in [0.1, 0.15) is 23.7 Å². The highest BCUT2D eigenvalue weighted by atomic mass is 19.1. The normalized spacial score (nSPS) is 13.8. The second-order valence-corrected chi connectivity index (χ2v) is 3.50. The van der Waals surface area contributed by atoms with Crippen molar-refractivity contribution in [2.45, 2.75) is 18.6 Å². The first-order valence-electron chi connectivity index (χ1n) is 4.80. The summed E-state index contributed by atoms with van der Waals surface area (Å²) < 4.78 is 13.6. The summed E-state index contributed by atoms with van der Waals surface area (Å²) in [4.78, 5) is 10.6. The molecule has 1 rings (SSSR count). The Morgan fingerprint density at radius 3 is 2.71 bits per heavy atom. The van der Waals surface area contributed by atoms with Gasteiger partial charge in [0.15, 0.2) is 0 Å². The Morgan fingerprint density at radius 1 is 1.53 bits per heavy atom. The maximum Gasteiger partial charge on any atom is 0.220 e. The molecule has 0 aliphatic heterocycles. The van der Waals surface area contributed by atoms with E-state index in [1.807, 2.05) is 0 Å². The lowest BCUT2D eigenvalue weighted by molar-refractivity contribution is -0.121. The number of nitriles is 1. The van der Waals surface area contributed by atoms with Gasteiger partial charge < -0.3 is 15.9 Å². The molecule has 0 spiro atoms. The lowest BCUT2D eigenvalue weighted by Crippen LogP contribution is -2.26. The van der Waals surface area contributed by atoms with E-state index in [9.17, 15) is 19.4 Å². The van der Waals surface area contributed by atoms with Crippen molar-refractivity contribution in [1.82, 2.24) is 0 Å². The van der Waals surface area contributed by atoms with E-state index in [0.717, 1.165) is 0 Å². The van der Waals surface area contributed by atoms with Crippen LogP contribution in [0, 0.1) is 17.1 Å². The number of halogens is 1. The van der Waals surface area contributed by atoms with Gasteiger partial charge in [-0.05, 0) is 6.07 Å². The van der Waals surface area contributed by atoms with E-state index in [0.29, 0.717) is 0 Å². The number of hydrogen-bond acceptors (Lipinski definition) is 4. The van der Waals surface area contributed by atoms with Crippen molar-refractivity contribution in [1.29, 1.82) is 5.26 Å². The van der Waals surface area contributed by atoms with Gasteiger partial charge in [-0.2, -0.15) is 5.26 Å². The molecule has 2 atom stereocenters. The summed E-state index contributed by atoms with van der Waals surface area (Å²) in [6.07, 6.45) is -3.59. The zero-order chi connectivity index (χ0) is 13.0. The van der Waals surface area contributed by atoms with Crippen LogP contribution in [0.25, 0.3) is 0 Å². The molecule has 0 fully saturated rings. The number of primary amides is 1. The van der Waals surface area contributed by atoms with Crippen molar-refractivity contribution in [3.63, 3.8) is 0 Å². The van der Waals surface area contributed by atoms with Gasteiger partial charge in [-0.3, -0.25) is 4.79 Å². The third-order valence-electron chi connectivity index (χ3n) is 2.24. The Bertz CT molecular complexity index is 470. The first kappa shape index (κ1) is 13.1. The van der Waals surface area contributed by atoms with Gasteiger partial charge in [0.2, 0.25) is 5.91 Å². The van der Waals surface area contributed by atoms with Crippen molar-refractivity contribution < 1.29 is 19.4 Å². The molecule has 0 radical (unpaired) electrons. The summed E-state index contributed by atoms with van der Waals surface area (Å²) in [6, 6.07) is 5.45. The van der Waals surface area contributed by atoms with Crippen LogP contribution in [-0.2, 0) is 4.79 Å². The fourth-order valence-corrected chi connectivity index (χ4v) is 1.39. The molecule has 0 aromatic heterocycles. The van der Waals surface area contributed by atoms with E-state index < -0.39 is 30.4 Å². The van der Waals surface area contributed by atoms with Gasteiger partial charge in [0.05, 0.1) is 18.1 Å². The van der Waals surface area contributed by atoms with Crippen molar-refractivity contribution in [3.05, 3.63) is 35.1 Å². The van der Waals surface area contributed by atoms with Crippen molar-refractivity contribution in [3.8, 4) is 6.07 Å². The first-order valence-corrected chi connectivity index (χ1v) is 4.80. The second kappa shape index (κ2) is 5.39. The number of rotatable bonds is 4. The topological polar surface area (TPSA) is 107 Å². The van der Waals surface area contributed by atoms with Gasteiger partial charge in [-0.1, -0.05) is 12.1 Å². The van der Waals surface area contributed by atoms with Gasteiger partial charge in [0, 0.05) is 5.56 Å². The quantitative estimate of drug-likeness (QED) is 0.684. The summed E-state index contributed by atoms with van der Waals surface area (Å²) in [6.45, 7) is 0. The molecule has 6 heteroatoms. The number of carbonyl (C=O) groups is 1. The highest BCUT2D eigenvalue weighted by Gasteiger charge is 2.24. The number of amides is 1. The molecule has 0 aliphatic rings. The van der Waals surface area contributed by atoms with E-state index in [4.69, 9.17) is 11.0 Å². The van der Waals surface area contributed by atoms with Gasteiger partial charge in [-0.15, -0.1) is 0 Å². The monoisotopic (exact) mass is 238 g/mol. The third-order valence-corrected chi connectivity index (χ3v) is 2.24. The summed E-state index contributed by atoms with van der Waals surface area (Å²) in [7, 11) is 0. The molecule has 5 nitrogen and oxygen atoms in total. The Morgan fingerprint density at radius 2 is 2.18 bits per heavy atom. The SMILES string of the molecule is N#Cc1cccc(C(O)C(O)CC(N)=O)c1F. The maximum absolute atomic E-state index is 13.6. The predicted molar refractivity (Wildman–Crippen MR) is 55.9 cm³/mol. The minimum absolute atomic E-state index is 0.238.